The highest BCUT2D eigenvalue weighted by atomic mass is 15.3. The highest BCUT2D eigenvalue weighted by Gasteiger charge is 2.29. The molecule has 100 valence electrons. The van der Waals surface area contributed by atoms with Gasteiger partial charge in [-0.15, -0.1) is 0 Å². The number of rotatable bonds is 5. The van der Waals surface area contributed by atoms with Crippen LogP contribution in [0.3, 0.4) is 0 Å². The molecule has 1 aliphatic rings. The number of guanidine groups is 1. The highest BCUT2D eigenvalue weighted by Crippen LogP contribution is 2.24. The molecule has 18 heavy (non-hydrogen) atoms. The summed E-state index contributed by atoms with van der Waals surface area (Å²) in [6.07, 6.45) is 3.79. The number of aliphatic imine (C=N–C) groups is 1. The standard InChI is InChI=1S/C12H22N6/c1-4-17-9-14-7-10(17)11-8-15-12(13)18(11)6-5-16(2)3/h7,9,11H,4-6,8H2,1-3H3,(H2,13,15). The van der Waals surface area contributed by atoms with Gasteiger partial charge in [0.05, 0.1) is 30.8 Å². The predicted octanol–water partition coefficient (Wildman–Crippen LogP) is 0.136. The van der Waals surface area contributed by atoms with Crippen molar-refractivity contribution < 1.29 is 0 Å². The summed E-state index contributed by atoms with van der Waals surface area (Å²) < 4.78 is 2.15. The van der Waals surface area contributed by atoms with Crippen molar-refractivity contribution in [2.75, 3.05) is 33.7 Å². The van der Waals surface area contributed by atoms with Gasteiger partial charge in [0.25, 0.3) is 0 Å². The van der Waals surface area contributed by atoms with Crippen LogP contribution < -0.4 is 5.73 Å². The maximum absolute atomic E-state index is 5.98. The molecule has 2 heterocycles. The summed E-state index contributed by atoms with van der Waals surface area (Å²) in [5.74, 6) is 0.644. The van der Waals surface area contributed by atoms with E-state index in [4.69, 9.17) is 5.73 Å². The fourth-order valence-corrected chi connectivity index (χ4v) is 2.23. The SMILES string of the molecule is CCn1cncc1C1CN=C(N)N1CCN(C)C. The first-order chi connectivity index (χ1) is 8.63. The third-order valence-corrected chi connectivity index (χ3v) is 3.31. The summed E-state index contributed by atoms with van der Waals surface area (Å²) in [7, 11) is 4.13. The van der Waals surface area contributed by atoms with Gasteiger partial charge in [-0.05, 0) is 21.0 Å². The highest BCUT2D eigenvalue weighted by molar-refractivity contribution is 5.80. The molecule has 0 aliphatic carbocycles. The molecule has 0 saturated carbocycles. The number of hydrogen-bond donors (Lipinski definition) is 1. The van der Waals surface area contributed by atoms with Crippen LogP contribution in [0, 0.1) is 0 Å². The second-order valence-electron chi connectivity index (χ2n) is 4.82. The second kappa shape index (κ2) is 5.39. The van der Waals surface area contributed by atoms with Crippen LogP contribution in [0.15, 0.2) is 17.5 Å². The van der Waals surface area contributed by atoms with Crippen molar-refractivity contribution in [3.05, 3.63) is 18.2 Å². The first-order valence-corrected chi connectivity index (χ1v) is 6.34. The lowest BCUT2D eigenvalue weighted by atomic mass is 10.2. The van der Waals surface area contributed by atoms with Crippen molar-refractivity contribution in [1.82, 2.24) is 19.4 Å². The topological polar surface area (TPSA) is 62.7 Å². The minimum absolute atomic E-state index is 0.229. The van der Waals surface area contributed by atoms with Crippen LogP contribution in [0.5, 0.6) is 0 Å². The Hall–Kier alpha value is -1.56. The summed E-state index contributed by atoms with van der Waals surface area (Å²) >= 11 is 0. The molecule has 2 N–H and O–H groups in total. The Kier molecular flexibility index (Phi) is 3.86. The lowest BCUT2D eigenvalue weighted by Gasteiger charge is -2.28. The molecule has 6 nitrogen and oxygen atoms in total. The molecule has 0 aromatic carbocycles. The van der Waals surface area contributed by atoms with Gasteiger partial charge in [0.1, 0.15) is 0 Å². The Balaban J connectivity index is 2.13. The molecule has 0 saturated heterocycles. The summed E-state index contributed by atoms with van der Waals surface area (Å²) in [6, 6.07) is 0.229. The quantitative estimate of drug-likeness (QED) is 0.807. The predicted molar refractivity (Wildman–Crippen MR) is 72.4 cm³/mol. The molecule has 6 heteroatoms. The van der Waals surface area contributed by atoms with Gasteiger partial charge in [-0.1, -0.05) is 0 Å². The molecule has 0 amide bonds. The average Bonchev–Trinajstić information content (AvgIpc) is 2.92. The van der Waals surface area contributed by atoms with E-state index in [-0.39, 0.29) is 6.04 Å². The number of hydrogen-bond acceptors (Lipinski definition) is 5. The van der Waals surface area contributed by atoms with Crippen LogP contribution in [-0.4, -0.2) is 59.0 Å². The van der Waals surface area contributed by atoms with Crippen LogP contribution in [0.25, 0.3) is 0 Å². The lowest BCUT2D eigenvalue weighted by molar-refractivity contribution is 0.286. The number of aromatic nitrogens is 2. The van der Waals surface area contributed by atoms with E-state index in [0.29, 0.717) is 5.96 Å². The molecule has 0 bridgehead atoms. The van der Waals surface area contributed by atoms with Crippen LogP contribution >= 0.6 is 0 Å². The largest absolute Gasteiger partial charge is 0.370 e. The van der Waals surface area contributed by atoms with Crippen molar-refractivity contribution in [2.45, 2.75) is 19.5 Å². The second-order valence-corrected chi connectivity index (χ2v) is 4.82. The van der Waals surface area contributed by atoms with Crippen LogP contribution in [0.2, 0.25) is 0 Å². The molecule has 0 fully saturated rings. The molecule has 1 atom stereocenters. The summed E-state index contributed by atoms with van der Waals surface area (Å²) in [5, 5.41) is 0. The Morgan fingerprint density at radius 1 is 1.50 bits per heavy atom. The van der Waals surface area contributed by atoms with Gasteiger partial charge in [0.15, 0.2) is 5.96 Å². The minimum Gasteiger partial charge on any atom is -0.370 e. The van der Waals surface area contributed by atoms with Crippen molar-refractivity contribution in [1.29, 1.82) is 0 Å². The fraction of sp³-hybridized carbons (Fsp3) is 0.667. The summed E-state index contributed by atoms with van der Waals surface area (Å²) in [4.78, 5) is 12.9. The zero-order valence-corrected chi connectivity index (χ0v) is 11.4. The van der Waals surface area contributed by atoms with Crippen LogP contribution in [0.4, 0.5) is 0 Å². The van der Waals surface area contributed by atoms with Gasteiger partial charge in [-0.3, -0.25) is 4.99 Å². The molecule has 0 radical (unpaired) electrons. The Labute approximate surface area is 108 Å². The van der Waals surface area contributed by atoms with Crippen molar-refractivity contribution in [2.24, 2.45) is 10.7 Å². The molecule has 1 unspecified atom stereocenters. The monoisotopic (exact) mass is 250 g/mol. The van der Waals surface area contributed by atoms with Crippen molar-refractivity contribution in [3.8, 4) is 0 Å². The number of nitrogens with zero attached hydrogens (tertiary/aromatic N) is 5. The van der Waals surface area contributed by atoms with Gasteiger partial charge >= 0.3 is 0 Å². The Morgan fingerprint density at radius 2 is 2.28 bits per heavy atom. The van der Waals surface area contributed by atoms with E-state index in [9.17, 15) is 0 Å². The Morgan fingerprint density at radius 3 is 2.94 bits per heavy atom. The molecule has 1 aliphatic heterocycles. The van der Waals surface area contributed by atoms with Crippen LogP contribution in [0.1, 0.15) is 18.7 Å². The van der Waals surface area contributed by atoms with Gasteiger partial charge in [-0.25, -0.2) is 4.98 Å². The third kappa shape index (κ3) is 2.48. The van der Waals surface area contributed by atoms with Gasteiger partial charge in [-0.2, -0.15) is 0 Å². The molecular weight excluding hydrogens is 228 g/mol. The van der Waals surface area contributed by atoms with E-state index in [0.717, 1.165) is 26.2 Å². The summed E-state index contributed by atoms with van der Waals surface area (Å²) in [6.45, 7) is 5.63. The van der Waals surface area contributed by atoms with Gasteiger partial charge < -0.3 is 20.1 Å². The Bertz CT molecular complexity index is 422. The first kappa shape index (κ1) is 12.9. The lowest BCUT2D eigenvalue weighted by Crippen LogP contribution is -2.40. The molecule has 0 spiro atoms. The van der Waals surface area contributed by atoms with E-state index >= 15 is 0 Å². The zero-order valence-electron chi connectivity index (χ0n) is 11.4. The maximum atomic E-state index is 5.98. The molecule has 2 rings (SSSR count). The minimum atomic E-state index is 0.229. The average molecular weight is 250 g/mol. The van der Waals surface area contributed by atoms with E-state index in [1.807, 2.05) is 12.5 Å². The van der Waals surface area contributed by atoms with E-state index < -0.39 is 0 Å². The molecular formula is C12H22N6. The maximum Gasteiger partial charge on any atom is 0.192 e. The van der Waals surface area contributed by atoms with E-state index in [1.165, 1.54) is 5.69 Å². The summed E-state index contributed by atoms with van der Waals surface area (Å²) in [5.41, 5.74) is 7.18. The number of aryl methyl sites for hydroxylation is 1. The van der Waals surface area contributed by atoms with Crippen molar-refractivity contribution >= 4 is 5.96 Å². The van der Waals surface area contributed by atoms with Gasteiger partial charge in [0.2, 0.25) is 0 Å². The van der Waals surface area contributed by atoms with Gasteiger partial charge in [0, 0.05) is 19.6 Å². The number of likely N-dealkylation sites (N-methyl/N-ethyl adjacent to an activating group) is 1. The molecule has 1 aromatic rings. The van der Waals surface area contributed by atoms with E-state index in [2.05, 4.69) is 45.4 Å². The van der Waals surface area contributed by atoms with E-state index in [1.54, 1.807) is 0 Å². The smallest absolute Gasteiger partial charge is 0.192 e. The van der Waals surface area contributed by atoms with Crippen LogP contribution in [-0.2, 0) is 6.54 Å². The normalized spacial score (nSPS) is 19.7. The fourth-order valence-electron chi connectivity index (χ4n) is 2.23. The third-order valence-electron chi connectivity index (χ3n) is 3.31. The van der Waals surface area contributed by atoms with Crippen molar-refractivity contribution in [3.63, 3.8) is 0 Å². The first-order valence-electron chi connectivity index (χ1n) is 6.34. The number of imidazole rings is 1. The molecule has 1 aromatic heterocycles. The zero-order chi connectivity index (χ0) is 13.1. The number of nitrogens with two attached hydrogens (primary N) is 1.